The van der Waals surface area contributed by atoms with E-state index in [2.05, 4.69) is 0 Å². The van der Waals surface area contributed by atoms with E-state index in [9.17, 15) is 36.3 Å². The number of alkyl halides is 3. The summed E-state index contributed by atoms with van der Waals surface area (Å²) in [7, 11) is 0. The predicted molar refractivity (Wildman–Crippen MR) is 116 cm³/mol. The Bertz CT molecular complexity index is 1260. The molecule has 0 aromatic heterocycles. The monoisotopic (exact) mass is 492 g/mol. The Morgan fingerprint density at radius 3 is 2.09 bits per heavy atom. The zero-order valence-electron chi connectivity index (χ0n) is 19.0. The molecule has 1 aliphatic heterocycles. The van der Waals surface area contributed by atoms with Crippen molar-refractivity contribution < 1.29 is 36.3 Å². The molecule has 1 heterocycles. The van der Waals surface area contributed by atoms with Gasteiger partial charge in [-0.3, -0.25) is 19.3 Å². The quantitative estimate of drug-likeness (QED) is 0.614. The van der Waals surface area contributed by atoms with Crippen molar-refractivity contribution in [1.29, 1.82) is 0 Å². The maximum Gasteiger partial charge on any atom is 0.425 e. The van der Waals surface area contributed by atoms with Gasteiger partial charge in [0.1, 0.15) is 17.2 Å². The molecule has 1 aliphatic carbocycles. The third-order valence-corrected chi connectivity index (χ3v) is 6.23. The molecule has 0 saturated heterocycles. The molecule has 4 rings (SSSR count). The number of nitrogens with zero attached hydrogens (tertiary/aromatic N) is 1. The number of carbonyl (C=O) groups is 3. The van der Waals surface area contributed by atoms with E-state index < -0.39 is 57.5 Å². The summed E-state index contributed by atoms with van der Waals surface area (Å²) in [5.41, 5.74) is -6.17. The van der Waals surface area contributed by atoms with E-state index in [0.717, 1.165) is 16.5 Å². The van der Waals surface area contributed by atoms with Crippen LogP contribution in [0.4, 0.5) is 27.6 Å². The highest BCUT2D eigenvalue weighted by molar-refractivity contribution is 6.21. The zero-order valence-corrected chi connectivity index (χ0v) is 19.0. The van der Waals surface area contributed by atoms with Crippen LogP contribution in [-0.2, 0) is 9.59 Å². The Morgan fingerprint density at radius 1 is 0.971 bits per heavy atom. The molecular weight excluding hydrogens is 471 g/mol. The van der Waals surface area contributed by atoms with Crippen LogP contribution in [0, 0.1) is 24.0 Å². The van der Waals surface area contributed by atoms with Crippen LogP contribution in [0.2, 0.25) is 0 Å². The third kappa shape index (κ3) is 3.81. The van der Waals surface area contributed by atoms with E-state index in [0.29, 0.717) is 12.1 Å². The van der Waals surface area contributed by atoms with Crippen LogP contribution in [0.25, 0.3) is 0 Å². The molecule has 0 saturated carbocycles. The van der Waals surface area contributed by atoms with E-state index in [1.165, 1.54) is 17.4 Å². The number of amides is 2. The highest BCUT2D eigenvalue weighted by atomic mass is 19.4. The van der Waals surface area contributed by atoms with Gasteiger partial charge in [-0.25, -0.2) is 8.78 Å². The van der Waals surface area contributed by atoms with E-state index >= 15 is 0 Å². The van der Waals surface area contributed by atoms with Gasteiger partial charge in [0.15, 0.2) is 5.78 Å². The Kier molecular flexibility index (Phi) is 5.61. The second-order valence-corrected chi connectivity index (χ2v) is 9.54. The summed E-state index contributed by atoms with van der Waals surface area (Å²) < 4.78 is 72.8. The Labute approximate surface area is 197 Å². The molecule has 0 radical (unpaired) electrons. The van der Waals surface area contributed by atoms with Gasteiger partial charge in [0.2, 0.25) is 5.54 Å². The lowest BCUT2D eigenvalue weighted by atomic mass is 9.72. The largest absolute Gasteiger partial charge is 0.425 e. The number of halogens is 5. The van der Waals surface area contributed by atoms with Crippen molar-refractivity contribution in [3.63, 3.8) is 0 Å². The average Bonchev–Trinajstić information content (AvgIpc) is 2.96. The van der Waals surface area contributed by atoms with E-state index in [1.54, 1.807) is 32.9 Å². The molecule has 2 aromatic carbocycles. The number of aryl methyl sites for hydroxylation is 1. The lowest BCUT2D eigenvalue weighted by molar-refractivity contribution is -0.186. The zero-order chi connectivity index (χ0) is 25.9. The summed E-state index contributed by atoms with van der Waals surface area (Å²) in [6.45, 7) is 5.09. The van der Waals surface area contributed by atoms with E-state index in [4.69, 9.17) is 0 Å². The first-order valence-corrected chi connectivity index (χ1v) is 10.7. The number of hydrogen-bond acceptors (Lipinski definition) is 3. The molecule has 1 atom stereocenters. The van der Waals surface area contributed by atoms with Crippen LogP contribution in [0.5, 0.6) is 0 Å². The maximum atomic E-state index is 14.8. The highest BCUT2D eigenvalue weighted by Crippen LogP contribution is 2.52. The summed E-state index contributed by atoms with van der Waals surface area (Å²) in [5, 5.41) is 1.53. The number of hydrogen-bond donors (Lipinski definition) is 1. The molecule has 0 fully saturated rings. The van der Waals surface area contributed by atoms with Crippen molar-refractivity contribution in [2.75, 3.05) is 4.90 Å². The van der Waals surface area contributed by atoms with Crippen molar-refractivity contribution in [3.8, 4) is 0 Å². The van der Waals surface area contributed by atoms with Gasteiger partial charge >= 0.3 is 6.18 Å². The van der Waals surface area contributed by atoms with Gasteiger partial charge in [0.25, 0.3) is 11.8 Å². The summed E-state index contributed by atoms with van der Waals surface area (Å²) in [4.78, 5) is 40.4. The molecule has 1 N–H and O–H groups in total. The lowest BCUT2D eigenvalue weighted by Crippen LogP contribution is -2.66. The molecule has 35 heavy (non-hydrogen) atoms. The van der Waals surface area contributed by atoms with Crippen LogP contribution < -0.4 is 10.2 Å². The highest BCUT2D eigenvalue weighted by Gasteiger charge is 2.72. The topological polar surface area (TPSA) is 66.5 Å². The fourth-order valence-corrected chi connectivity index (χ4v) is 4.67. The summed E-state index contributed by atoms with van der Waals surface area (Å²) in [5.74, 6) is -7.25. The number of allylic oxidation sites excluding steroid dienone is 1. The van der Waals surface area contributed by atoms with Gasteiger partial charge in [0.05, 0.1) is 5.57 Å². The molecule has 0 spiro atoms. The molecule has 2 aromatic rings. The maximum absolute atomic E-state index is 14.8. The van der Waals surface area contributed by atoms with Gasteiger partial charge < -0.3 is 5.32 Å². The first kappa shape index (κ1) is 24.6. The van der Waals surface area contributed by atoms with Crippen LogP contribution in [0.1, 0.15) is 42.6 Å². The van der Waals surface area contributed by atoms with Crippen LogP contribution in [0.3, 0.4) is 0 Å². The second-order valence-electron chi connectivity index (χ2n) is 9.54. The minimum absolute atomic E-state index is 0.0658. The molecule has 5 nitrogen and oxygen atoms in total. The van der Waals surface area contributed by atoms with E-state index in [1.807, 2.05) is 0 Å². The van der Waals surface area contributed by atoms with Gasteiger partial charge in [0, 0.05) is 17.8 Å². The number of anilines is 1. The Hall–Kier alpha value is -3.56. The van der Waals surface area contributed by atoms with Gasteiger partial charge in [-0.2, -0.15) is 13.2 Å². The molecule has 0 bridgehead atoms. The smallest absolute Gasteiger partial charge is 0.326 e. The second kappa shape index (κ2) is 8.00. The van der Waals surface area contributed by atoms with Crippen molar-refractivity contribution in [3.05, 3.63) is 76.5 Å². The number of Topliss-reactive ketones (excluding diaryl/α,β-unsaturated/α-hetero) is 1. The first-order valence-electron chi connectivity index (χ1n) is 10.7. The lowest BCUT2D eigenvalue weighted by Gasteiger charge is -2.35. The van der Waals surface area contributed by atoms with Gasteiger partial charge in [-0.15, -0.1) is 0 Å². The fraction of sp³-hybridized carbons (Fsp3) is 0.320. The number of carbonyl (C=O) groups excluding carboxylic acids is 3. The summed E-state index contributed by atoms with van der Waals surface area (Å²) in [6, 6.07) is 8.36. The number of nitrogens with one attached hydrogen (secondary N) is 1. The Balaban J connectivity index is 1.96. The molecular formula is C25H21F5N2O3. The van der Waals surface area contributed by atoms with E-state index in [-0.39, 0.29) is 24.2 Å². The summed E-state index contributed by atoms with van der Waals surface area (Å²) >= 11 is 0. The van der Waals surface area contributed by atoms with Crippen LogP contribution in [-0.4, -0.2) is 29.3 Å². The SMILES string of the molecule is Cc1ccc(N2C(=O)[C@](NC(=O)c3c(F)cccc3F)(C(F)(F)F)C3=C2CC(C)(C)CC3=O)cc1. The Morgan fingerprint density at radius 2 is 1.54 bits per heavy atom. The third-order valence-electron chi connectivity index (χ3n) is 6.23. The van der Waals surface area contributed by atoms with Crippen molar-refractivity contribution in [1.82, 2.24) is 5.32 Å². The number of benzene rings is 2. The molecule has 2 amide bonds. The van der Waals surface area contributed by atoms with Crippen molar-refractivity contribution >= 4 is 23.3 Å². The van der Waals surface area contributed by atoms with Crippen LogP contribution in [0.15, 0.2) is 53.7 Å². The van der Waals surface area contributed by atoms with Gasteiger partial charge in [-0.1, -0.05) is 37.6 Å². The van der Waals surface area contributed by atoms with Gasteiger partial charge in [-0.05, 0) is 43.0 Å². The van der Waals surface area contributed by atoms with Crippen LogP contribution >= 0.6 is 0 Å². The average molecular weight is 492 g/mol. The molecule has 0 unspecified atom stereocenters. The molecule has 10 heteroatoms. The van der Waals surface area contributed by atoms with Crippen molar-refractivity contribution in [2.24, 2.45) is 5.41 Å². The normalized spacial score (nSPS) is 21.9. The minimum Gasteiger partial charge on any atom is -0.326 e. The van der Waals surface area contributed by atoms with Crippen molar-refractivity contribution in [2.45, 2.75) is 45.3 Å². The molecule has 2 aliphatic rings. The first-order chi connectivity index (χ1) is 16.2. The fourth-order valence-electron chi connectivity index (χ4n) is 4.67. The predicted octanol–water partition coefficient (Wildman–Crippen LogP) is 4.99. The minimum atomic E-state index is -5.50. The number of rotatable bonds is 3. The summed E-state index contributed by atoms with van der Waals surface area (Å²) in [6.07, 6.45) is -5.89. The molecule has 184 valence electrons. The number of ketones is 1. The standard InChI is InChI=1S/C25H21F5N2O3/c1-13-7-9-14(10-8-13)32-17-11-23(2,3)12-18(33)20(17)24(22(32)35,25(28,29)30)31-21(34)19-15(26)5-4-6-16(19)27/h4-10H,11-12H2,1-3H3,(H,31,34)/t24-/m0/s1.